The van der Waals surface area contributed by atoms with E-state index in [1.54, 1.807) is 13.0 Å². The van der Waals surface area contributed by atoms with Crippen LogP contribution in [0.5, 0.6) is 5.88 Å². The zero-order valence-corrected chi connectivity index (χ0v) is 14.0. The predicted molar refractivity (Wildman–Crippen MR) is 75.5 cm³/mol. The number of nitriles is 1. The van der Waals surface area contributed by atoms with Crippen LogP contribution in [0, 0.1) is 18.3 Å². The lowest BCUT2D eigenvalue weighted by atomic mass is 10.2. The van der Waals surface area contributed by atoms with E-state index < -0.39 is 21.5 Å². The number of rotatable bonds is 3. The molecule has 1 aromatic heterocycles. The summed E-state index contributed by atoms with van der Waals surface area (Å²) in [5, 5.41) is 7.32. The first kappa shape index (κ1) is 18.7. The summed E-state index contributed by atoms with van der Waals surface area (Å²) in [5.74, 6) is -0.412. The van der Waals surface area contributed by atoms with Gasteiger partial charge in [-0.25, -0.2) is 4.98 Å². The molecule has 1 aliphatic carbocycles. The number of nitrogens with zero attached hydrogens (tertiary/aromatic N) is 2. The second-order valence-electron chi connectivity index (χ2n) is 4.46. The minimum Gasteiger partial charge on any atom is -0.355 e. The van der Waals surface area contributed by atoms with Gasteiger partial charge in [-0.15, -0.1) is 0 Å². The van der Waals surface area contributed by atoms with Crippen LogP contribution in [0.15, 0.2) is 10.5 Å². The Morgan fingerprint density at radius 2 is 1.95 bits per heavy atom. The minimum atomic E-state index is -5.68. The molecule has 122 valence electrons. The zero-order chi connectivity index (χ0) is 17.1. The van der Waals surface area contributed by atoms with Gasteiger partial charge in [0.25, 0.3) is 0 Å². The van der Waals surface area contributed by atoms with Gasteiger partial charge >= 0.3 is 15.6 Å². The van der Waals surface area contributed by atoms with Gasteiger partial charge < -0.3 is 4.18 Å². The Kier molecular flexibility index (Phi) is 5.81. The molecular formula is C12H12BrF3N2O3S. The molecule has 0 bridgehead atoms. The third-order valence-corrected chi connectivity index (χ3v) is 4.57. The lowest BCUT2D eigenvalue weighted by Crippen LogP contribution is -2.28. The molecule has 1 fully saturated rings. The molecule has 0 N–H and O–H groups in total. The Morgan fingerprint density at radius 3 is 2.36 bits per heavy atom. The molecule has 0 spiro atoms. The van der Waals surface area contributed by atoms with E-state index in [1.807, 2.05) is 0 Å². The molecule has 0 aromatic carbocycles. The quantitative estimate of drug-likeness (QED) is 0.569. The topological polar surface area (TPSA) is 80.0 Å². The van der Waals surface area contributed by atoms with E-state index in [1.165, 1.54) is 6.92 Å². The van der Waals surface area contributed by atoms with E-state index >= 15 is 0 Å². The van der Waals surface area contributed by atoms with E-state index in [0.717, 1.165) is 18.9 Å². The van der Waals surface area contributed by atoms with Crippen molar-refractivity contribution in [2.24, 2.45) is 0 Å². The maximum atomic E-state index is 12.2. The molecule has 1 aliphatic rings. The highest BCUT2D eigenvalue weighted by Crippen LogP contribution is 2.44. The maximum Gasteiger partial charge on any atom is 0.534 e. The predicted octanol–water partition coefficient (Wildman–Crippen LogP) is 3.79. The Hall–Kier alpha value is -1.34. The van der Waals surface area contributed by atoms with Crippen LogP contribution in [0.3, 0.4) is 0 Å². The monoisotopic (exact) mass is 400 g/mol. The van der Waals surface area contributed by atoms with Crippen molar-refractivity contribution < 1.29 is 25.8 Å². The average molecular weight is 401 g/mol. The van der Waals surface area contributed by atoms with E-state index in [9.17, 15) is 21.6 Å². The summed E-state index contributed by atoms with van der Waals surface area (Å²) >= 11 is 3.28. The third-order valence-electron chi connectivity index (χ3n) is 2.58. The van der Waals surface area contributed by atoms with Crippen molar-refractivity contribution >= 4 is 26.0 Å². The van der Waals surface area contributed by atoms with Gasteiger partial charge in [0.15, 0.2) is 0 Å². The van der Waals surface area contributed by atoms with Crippen LogP contribution in [0.25, 0.3) is 0 Å². The maximum absolute atomic E-state index is 12.2. The summed E-state index contributed by atoms with van der Waals surface area (Å²) in [4.78, 5) is 3.85. The summed E-state index contributed by atoms with van der Waals surface area (Å²) in [6.07, 6.45) is 1.75. The highest BCUT2D eigenvalue weighted by Gasteiger charge is 2.49. The van der Waals surface area contributed by atoms with Gasteiger partial charge in [-0.3, -0.25) is 0 Å². The molecule has 0 aliphatic heterocycles. The van der Waals surface area contributed by atoms with Gasteiger partial charge in [0, 0.05) is 23.4 Å². The molecular weight excluding hydrogens is 389 g/mol. The largest absolute Gasteiger partial charge is 0.534 e. The first-order valence-corrected chi connectivity index (χ1v) is 8.22. The van der Waals surface area contributed by atoms with Crippen molar-refractivity contribution in [3.8, 4) is 11.9 Å². The van der Waals surface area contributed by atoms with Crippen molar-refractivity contribution in [3.63, 3.8) is 0 Å². The molecule has 5 nitrogen and oxygen atoms in total. The lowest BCUT2D eigenvalue weighted by molar-refractivity contribution is -0.0501. The average Bonchev–Trinajstić information content (AvgIpc) is 3.16. The molecule has 0 amide bonds. The second kappa shape index (κ2) is 6.83. The normalized spacial score (nSPS) is 14.6. The molecule has 1 saturated carbocycles. The Bertz CT molecular complexity index is 695. The van der Waals surface area contributed by atoms with Gasteiger partial charge in [-0.2, -0.15) is 26.9 Å². The Balaban J connectivity index is 0.000000745. The molecule has 0 radical (unpaired) electrons. The van der Waals surface area contributed by atoms with Crippen molar-refractivity contribution in [2.45, 2.75) is 38.1 Å². The smallest absolute Gasteiger partial charge is 0.355 e. The fraction of sp³-hybridized carbons (Fsp3) is 0.500. The molecule has 1 heterocycles. The van der Waals surface area contributed by atoms with Gasteiger partial charge in [-0.1, -0.05) is 0 Å². The van der Waals surface area contributed by atoms with Crippen LogP contribution >= 0.6 is 15.9 Å². The Morgan fingerprint density at radius 1 is 1.45 bits per heavy atom. The standard InChI is InChI=1S/C10H9BrF3NO3S.C2H3N/c1-5-4-7(18-19(16,17)10(12,13)14)15-9(8(5)11)6-2-3-6;1-2-3/h4,6H,2-3H2,1H3;1H3. The zero-order valence-electron chi connectivity index (χ0n) is 11.6. The number of pyridine rings is 1. The molecule has 0 unspecified atom stereocenters. The van der Waals surface area contributed by atoms with Gasteiger partial charge in [0.1, 0.15) is 0 Å². The van der Waals surface area contributed by atoms with Crippen LogP contribution in [-0.4, -0.2) is 18.9 Å². The number of alkyl halides is 3. The van der Waals surface area contributed by atoms with Crippen LogP contribution in [0.1, 0.15) is 36.9 Å². The number of halogens is 4. The van der Waals surface area contributed by atoms with E-state index in [0.29, 0.717) is 15.7 Å². The van der Waals surface area contributed by atoms with E-state index in [4.69, 9.17) is 5.26 Å². The number of hydrogen-bond acceptors (Lipinski definition) is 5. The first-order valence-electron chi connectivity index (χ1n) is 6.02. The highest BCUT2D eigenvalue weighted by molar-refractivity contribution is 9.10. The molecule has 1 aromatic rings. The Labute approximate surface area is 134 Å². The summed E-state index contributed by atoms with van der Waals surface area (Å²) in [6, 6.07) is 2.90. The molecule has 0 saturated heterocycles. The van der Waals surface area contributed by atoms with Crippen molar-refractivity contribution in [2.75, 3.05) is 0 Å². The summed E-state index contributed by atoms with van der Waals surface area (Å²) in [5.41, 5.74) is -4.35. The fourth-order valence-electron chi connectivity index (χ4n) is 1.48. The van der Waals surface area contributed by atoms with Crippen LogP contribution in [-0.2, 0) is 10.1 Å². The third kappa shape index (κ3) is 4.58. The summed E-state index contributed by atoms with van der Waals surface area (Å²) in [7, 11) is -5.68. The van der Waals surface area contributed by atoms with Crippen molar-refractivity contribution in [1.29, 1.82) is 5.26 Å². The number of aryl methyl sites for hydroxylation is 1. The van der Waals surface area contributed by atoms with E-state index in [-0.39, 0.29) is 5.92 Å². The van der Waals surface area contributed by atoms with Crippen molar-refractivity contribution in [1.82, 2.24) is 4.98 Å². The number of aromatic nitrogens is 1. The van der Waals surface area contributed by atoms with Gasteiger partial charge in [0.2, 0.25) is 5.88 Å². The molecule has 2 rings (SSSR count). The molecule has 0 atom stereocenters. The van der Waals surface area contributed by atoms with Gasteiger partial charge in [0.05, 0.1) is 11.8 Å². The molecule has 22 heavy (non-hydrogen) atoms. The number of hydrogen-bond donors (Lipinski definition) is 0. The fourth-order valence-corrected chi connectivity index (χ4v) is 2.41. The first-order chi connectivity index (χ1) is 10.0. The second-order valence-corrected chi connectivity index (χ2v) is 6.79. The van der Waals surface area contributed by atoms with Crippen LogP contribution < -0.4 is 4.18 Å². The SMILES string of the molecule is CC#N.Cc1cc(OS(=O)(=O)C(F)(F)F)nc(C2CC2)c1Br. The van der Waals surface area contributed by atoms with E-state index in [2.05, 4.69) is 25.1 Å². The van der Waals surface area contributed by atoms with Crippen LogP contribution in [0.4, 0.5) is 13.2 Å². The summed E-state index contributed by atoms with van der Waals surface area (Å²) in [6.45, 7) is 3.06. The minimum absolute atomic E-state index is 0.144. The van der Waals surface area contributed by atoms with Gasteiger partial charge in [-0.05, 0) is 41.3 Å². The van der Waals surface area contributed by atoms with Crippen LogP contribution in [0.2, 0.25) is 0 Å². The highest BCUT2D eigenvalue weighted by atomic mass is 79.9. The lowest BCUT2D eigenvalue weighted by Gasteiger charge is -2.11. The summed E-state index contributed by atoms with van der Waals surface area (Å²) < 4.78 is 63.2. The van der Waals surface area contributed by atoms with Crippen molar-refractivity contribution in [3.05, 3.63) is 21.8 Å². The molecule has 10 heteroatoms.